The molecular formula is C24H20BrN3O. The molecule has 1 aromatic heterocycles. The second kappa shape index (κ2) is 8.88. The quantitative estimate of drug-likeness (QED) is 0.449. The third-order valence-corrected chi connectivity index (χ3v) is 5.19. The molecule has 4 nitrogen and oxygen atoms in total. The smallest absolute Gasteiger partial charge is 0.225 e. The van der Waals surface area contributed by atoms with E-state index in [0.717, 1.165) is 26.9 Å². The van der Waals surface area contributed by atoms with E-state index < -0.39 is 0 Å². The molecule has 0 fully saturated rings. The first-order valence-electron chi connectivity index (χ1n) is 9.38. The summed E-state index contributed by atoms with van der Waals surface area (Å²) in [7, 11) is 0. The number of nitrogens with one attached hydrogen (secondary N) is 1. The van der Waals surface area contributed by atoms with Crippen LogP contribution in [0.4, 0.5) is 0 Å². The molecule has 1 amide bonds. The van der Waals surface area contributed by atoms with E-state index in [1.807, 2.05) is 91.1 Å². The highest BCUT2D eigenvalue weighted by Crippen LogP contribution is 2.24. The highest BCUT2D eigenvalue weighted by molar-refractivity contribution is 9.10. The molecule has 4 aromatic rings. The SMILES string of the molecule is O=C(Cc1cnn(-c2ccccc2)c1)NC(c1ccccc1)c1ccc(Br)cc1. The predicted octanol–water partition coefficient (Wildman–Crippen LogP) is 5.08. The second-order valence-corrected chi connectivity index (χ2v) is 7.68. The molecule has 4 rings (SSSR count). The highest BCUT2D eigenvalue weighted by atomic mass is 79.9. The number of halogens is 1. The molecule has 1 heterocycles. The Morgan fingerprint density at radius 1 is 0.897 bits per heavy atom. The molecule has 0 aliphatic rings. The summed E-state index contributed by atoms with van der Waals surface area (Å²) in [5.74, 6) is -0.0469. The molecular weight excluding hydrogens is 426 g/mol. The van der Waals surface area contributed by atoms with Crippen LogP contribution in [0.15, 0.2) is 102 Å². The van der Waals surface area contributed by atoms with Crippen LogP contribution in [0, 0.1) is 0 Å². The molecule has 144 valence electrons. The summed E-state index contributed by atoms with van der Waals surface area (Å²) in [6.07, 6.45) is 3.91. The summed E-state index contributed by atoms with van der Waals surface area (Å²) in [4.78, 5) is 12.8. The Bertz CT molecular complexity index is 1080. The lowest BCUT2D eigenvalue weighted by molar-refractivity contribution is -0.120. The van der Waals surface area contributed by atoms with Crippen LogP contribution in [0.1, 0.15) is 22.7 Å². The van der Waals surface area contributed by atoms with E-state index in [-0.39, 0.29) is 18.4 Å². The molecule has 3 aromatic carbocycles. The summed E-state index contributed by atoms with van der Waals surface area (Å²) in [5, 5.41) is 7.55. The van der Waals surface area contributed by atoms with Crippen molar-refractivity contribution in [3.05, 3.63) is 118 Å². The van der Waals surface area contributed by atoms with Gasteiger partial charge < -0.3 is 5.32 Å². The standard InChI is InChI=1S/C24H20BrN3O/c25-21-13-11-20(12-14-21)24(19-7-3-1-4-8-19)27-23(29)15-18-16-26-28(17-18)22-9-5-2-6-10-22/h1-14,16-17,24H,15H2,(H,27,29). The number of nitrogens with zero attached hydrogens (tertiary/aromatic N) is 2. The van der Waals surface area contributed by atoms with E-state index in [1.54, 1.807) is 10.9 Å². The summed E-state index contributed by atoms with van der Waals surface area (Å²) in [5.41, 5.74) is 3.92. The molecule has 0 spiro atoms. The maximum absolute atomic E-state index is 12.8. The van der Waals surface area contributed by atoms with Gasteiger partial charge in [0.15, 0.2) is 0 Å². The van der Waals surface area contributed by atoms with Crippen LogP contribution in [0.3, 0.4) is 0 Å². The number of benzene rings is 3. The zero-order valence-electron chi connectivity index (χ0n) is 15.7. The number of carbonyl (C=O) groups is 1. The first-order valence-corrected chi connectivity index (χ1v) is 10.2. The summed E-state index contributed by atoms with van der Waals surface area (Å²) in [6.45, 7) is 0. The van der Waals surface area contributed by atoms with Crippen LogP contribution in [-0.4, -0.2) is 15.7 Å². The fourth-order valence-corrected chi connectivity index (χ4v) is 3.49. The number of amides is 1. The van der Waals surface area contributed by atoms with Gasteiger partial charge in [0.2, 0.25) is 5.91 Å². The van der Waals surface area contributed by atoms with Gasteiger partial charge in [-0.1, -0.05) is 76.6 Å². The van der Waals surface area contributed by atoms with Crippen LogP contribution < -0.4 is 5.32 Å². The molecule has 1 atom stereocenters. The lowest BCUT2D eigenvalue weighted by Crippen LogP contribution is -2.30. The molecule has 0 saturated carbocycles. The molecule has 0 radical (unpaired) electrons. The summed E-state index contributed by atoms with van der Waals surface area (Å²) < 4.78 is 2.79. The number of hydrogen-bond donors (Lipinski definition) is 1. The molecule has 29 heavy (non-hydrogen) atoms. The van der Waals surface area contributed by atoms with Crippen molar-refractivity contribution in [3.63, 3.8) is 0 Å². The topological polar surface area (TPSA) is 46.9 Å². The van der Waals surface area contributed by atoms with Crippen molar-refractivity contribution < 1.29 is 4.79 Å². The number of hydrogen-bond acceptors (Lipinski definition) is 2. The summed E-state index contributed by atoms with van der Waals surface area (Å²) >= 11 is 3.47. The van der Waals surface area contributed by atoms with E-state index in [9.17, 15) is 4.79 Å². The van der Waals surface area contributed by atoms with Crippen molar-refractivity contribution in [2.24, 2.45) is 0 Å². The molecule has 0 aliphatic carbocycles. The molecule has 1 N–H and O–H groups in total. The van der Waals surface area contributed by atoms with Gasteiger partial charge in [-0.25, -0.2) is 4.68 Å². The number of rotatable bonds is 6. The molecule has 1 unspecified atom stereocenters. The molecule has 0 saturated heterocycles. The van der Waals surface area contributed by atoms with Gasteiger partial charge in [-0.2, -0.15) is 5.10 Å². The van der Waals surface area contributed by atoms with Gasteiger partial charge in [-0.15, -0.1) is 0 Å². The Hall–Kier alpha value is -3.18. The van der Waals surface area contributed by atoms with Crippen molar-refractivity contribution in [2.45, 2.75) is 12.5 Å². The van der Waals surface area contributed by atoms with Gasteiger partial charge >= 0.3 is 0 Å². The van der Waals surface area contributed by atoms with Crippen molar-refractivity contribution in [3.8, 4) is 5.69 Å². The van der Waals surface area contributed by atoms with Crippen LogP contribution in [-0.2, 0) is 11.2 Å². The Kier molecular flexibility index (Phi) is 5.86. The van der Waals surface area contributed by atoms with Crippen molar-refractivity contribution >= 4 is 21.8 Å². The first-order chi connectivity index (χ1) is 14.2. The van der Waals surface area contributed by atoms with Crippen LogP contribution in [0.2, 0.25) is 0 Å². The zero-order valence-corrected chi connectivity index (χ0v) is 17.3. The predicted molar refractivity (Wildman–Crippen MR) is 118 cm³/mol. The van der Waals surface area contributed by atoms with Crippen LogP contribution in [0.25, 0.3) is 5.69 Å². The van der Waals surface area contributed by atoms with Crippen molar-refractivity contribution in [1.82, 2.24) is 15.1 Å². The summed E-state index contributed by atoms with van der Waals surface area (Å²) in [6, 6.07) is 27.7. The van der Waals surface area contributed by atoms with Gasteiger partial charge in [0.25, 0.3) is 0 Å². The lowest BCUT2D eigenvalue weighted by Gasteiger charge is -2.20. The van der Waals surface area contributed by atoms with Gasteiger partial charge in [-0.3, -0.25) is 4.79 Å². The lowest BCUT2D eigenvalue weighted by atomic mass is 9.98. The minimum atomic E-state index is -0.207. The van der Waals surface area contributed by atoms with E-state index in [4.69, 9.17) is 0 Å². The van der Waals surface area contributed by atoms with Gasteiger partial charge in [0, 0.05) is 10.7 Å². The Labute approximate surface area is 178 Å². The monoisotopic (exact) mass is 445 g/mol. The Morgan fingerprint density at radius 2 is 1.52 bits per heavy atom. The first kappa shape index (κ1) is 19.2. The Balaban J connectivity index is 1.51. The normalized spacial score (nSPS) is 11.8. The van der Waals surface area contributed by atoms with Gasteiger partial charge in [0.1, 0.15) is 0 Å². The molecule has 0 aliphatic heterocycles. The average molecular weight is 446 g/mol. The van der Waals surface area contributed by atoms with Gasteiger partial charge in [0.05, 0.1) is 24.3 Å². The van der Waals surface area contributed by atoms with Crippen molar-refractivity contribution in [1.29, 1.82) is 0 Å². The van der Waals surface area contributed by atoms with Crippen LogP contribution in [0.5, 0.6) is 0 Å². The number of carbonyl (C=O) groups excluding carboxylic acids is 1. The number of para-hydroxylation sites is 1. The third-order valence-electron chi connectivity index (χ3n) is 4.66. The van der Waals surface area contributed by atoms with E-state index in [1.165, 1.54) is 0 Å². The Morgan fingerprint density at radius 3 is 2.21 bits per heavy atom. The average Bonchev–Trinajstić information content (AvgIpc) is 3.22. The number of aromatic nitrogens is 2. The maximum atomic E-state index is 12.8. The largest absolute Gasteiger partial charge is 0.345 e. The van der Waals surface area contributed by atoms with E-state index in [0.29, 0.717) is 0 Å². The van der Waals surface area contributed by atoms with Crippen molar-refractivity contribution in [2.75, 3.05) is 0 Å². The minimum absolute atomic E-state index is 0.0469. The fraction of sp³-hybridized carbons (Fsp3) is 0.0833. The second-order valence-electron chi connectivity index (χ2n) is 6.77. The zero-order chi connectivity index (χ0) is 20.1. The fourth-order valence-electron chi connectivity index (χ4n) is 3.23. The highest BCUT2D eigenvalue weighted by Gasteiger charge is 2.17. The molecule has 0 bridgehead atoms. The van der Waals surface area contributed by atoms with Crippen LogP contribution >= 0.6 is 15.9 Å². The minimum Gasteiger partial charge on any atom is -0.345 e. The van der Waals surface area contributed by atoms with Gasteiger partial charge in [-0.05, 0) is 41.0 Å². The van der Waals surface area contributed by atoms with E-state index in [2.05, 4.69) is 26.3 Å². The van der Waals surface area contributed by atoms with E-state index >= 15 is 0 Å². The maximum Gasteiger partial charge on any atom is 0.225 e. The third kappa shape index (κ3) is 4.81. The molecule has 5 heteroatoms.